The second kappa shape index (κ2) is 45.4. The first kappa shape index (κ1) is 70.9. The molecule has 0 aromatic carbocycles. The number of unbranched alkanes of at least 4 members (excludes halogenated alkanes) is 11. The fraction of sp³-hybridized carbons (Fsp3) is 0.833. The van der Waals surface area contributed by atoms with Crippen LogP contribution >= 0.6 is 0 Å². The van der Waals surface area contributed by atoms with Crippen molar-refractivity contribution >= 4 is 41.9 Å². The molecule has 0 spiro atoms. The minimum atomic E-state index is -1.17. The van der Waals surface area contributed by atoms with E-state index >= 15 is 0 Å². The van der Waals surface area contributed by atoms with Crippen molar-refractivity contribution in [2.45, 2.75) is 203 Å². The molecule has 0 radical (unpaired) electrons. The molecule has 7 amide bonds. The lowest BCUT2D eigenvalue weighted by atomic mass is 10.0. The smallest absolute Gasteiger partial charge is 0.253 e. The fourth-order valence-corrected chi connectivity index (χ4v) is 8.46. The molecule has 3 aliphatic rings. The molecule has 0 aromatic rings. The molecule has 2 fully saturated rings. The predicted molar refractivity (Wildman–Crippen MR) is 287 cm³/mol. The highest BCUT2D eigenvalue weighted by Gasteiger charge is 2.38. The number of aliphatic hydroxyl groups excluding tert-OH is 6. The number of amides is 7. The van der Waals surface area contributed by atoms with Gasteiger partial charge in [0.15, 0.2) is 12.6 Å². The van der Waals surface area contributed by atoms with E-state index in [2.05, 4.69) is 33.5 Å². The Hall–Kier alpha value is -4.25. The standard InChI is InChI=1S/C43H74N6O14.C11H22O5/c50-29-35-43(59)34(52)28-42(63-35)62-25-11-9-14-36(53)45-22-13-23-47-38(55)19-27-61-31-33(30-60-26-18-37(54)46-21-12-20-44-32-51)48-39(56)15-8-6-4-2-1-3-5-7-10-24-49-40(57)16-17-41(49)58;1-2-3-4-5-15-10-6-8(13)11(14)9(7-12)16-10/h16-17,32-35,42-43,50,52,59H,1-15,18-31H2,(H,44,51)(H,45,53)(H,46,54)(H,47,55)(H,48,56);8-14H,2-7H2,1H3. The van der Waals surface area contributed by atoms with Gasteiger partial charge >= 0.3 is 0 Å². The molecule has 3 heterocycles. The maximum absolute atomic E-state index is 12.8. The Morgan fingerprint density at radius 3 is 1.49 bits per heavy atom. The molecular weight excluding hydrogens is 1040 g/mol. The lowest BCUT2D eigenvalue weighted by Gasteiger charge is -2.36. The summed E-state index contributed by atoms with van der Waals surface area (Å²) in [7, 11) is 0. The number of nitrogens with one attached hydrogen (secondary N) is 5. The maximum Gasteiger partial charge on any atom is 0.253 e. The number of carbonyl (C=O) groups is 7. The van der Waals surface area contributed by atoms with Gasteiger partial charge in [0, 0.05) is 96.6 Å². The zero-order chi connectivity index (χ0) is 57.9. The summed E-state index contributed by atoms with van der Waals surface area (Å²) in [5, 5.41) is 70.7. The molecule has 3 aliphatic heterocycles. The van der Waals surface area contributed by atoms with E-state index < -0.39 is 61.9 Å². The van der Waals surface area contributed by atoms with Crippen LogP contribution < -0.4 is 26.6 Å². The van der Waals surface area contributed by atoms with Crippen molar-refractivity contribution in [2.24, 2.45) is 0 Å². The summed E-state index contributed by atoms with van der Waals surface area (Å²) in [6, 6.07) is -0.485. The van der Waals surface area contributed by atoms with Crippen LogP contribution in [-0.4, -0.2) is 218 Å². The van der Waals surface area contributed by atoms with Gasteiger partial charge in [0.25, 0.3) is 11.8 Å². The van der Waals surface area contributed by atoms with Gasteiger partial charge in [0.1, 0.15) is 24.4 Å². The molecule has 3 rings (SSSR count). The minimum absolute atomic E-state index is 0.0936. The summed E-state index contributed by atoms with van der Waals surface area (Å²) >= 11 is 0. The molecule has 25 nitrogen and oxygen atoms in total. The molecule has 79 heavy (non-hydrogen) atoms. The van der Waals surface area contributed by atoms with Crippen molar-refractivity contribution in [3.8, 4) is 0 Å². The molecular formula is C54H96N6O19. The van der Waals surface area contributed by atoms with Crippen LogP contribution in [0.5, 0.6) is 0 Å². The summed E-state index contributed by atoms with van der Waals surface area (Å²) in [4.78, 5) is 84.3. The van der Waals surface area contributed by atoms with Gasteiger partial charge in [0.05, 0.1) is 57.9 Å². The minimum Gasteiger partial charge on any atom is -0.394 e. The van der Waals surface area contributed by atoms with Crippen LogP contribution in [0.4, 0.5) is 0 Å². The van der Waals surface area contributed by atoms with Gasteiger partial charge in [-0.2, -0.15) is 0 Å². The van der Waals surface area contributed by atoms with E-state index in [9.17, 15) is 59.1 Å². The summed E-state index contributed by atoms with van der Waals surface area (Å²) < 4.78 is 33.2. The van der Waals surface area contributed by atoms with Gasteiger partial charge in [-0.05, 0) is 44.9 Å². The van der Waals surface area contributed by atoms with Gasteiger partial charge < -0.3 is 85.6 Å². The Balaban J connectivity index is 0.00000113. The van der Waals surface area contributed by atoms with Crippen LogP contribution in [0.1, 0.15) is 148 Å². The number of hydrogen-bond donors (Lipinski definition) is 11. The van der Waals surface area contributed by atoms with Crippen LogP contribution in [0.25, 0.3) is 0 Å². The zero-order valence-electron chi connectivity index (χ0n) is 46.6. The summed E-state index contributed by atoms with van der Waals surface area (Å²) in [6.45, 7) is 4.84. The number of ether oxygens (including phenoxy) is 6. The molecule has 11 N–H and O–H groups in total. The maximum atomic E-state index is 12.8. The Morgan fingerprint density at radius 1 is 0.582 bits per heavy atom. The third kappa shape index (κ3) is 34.0. The Morgan fingerprint density at radius 2 is 1.01 bits per heavy atom. The molecule has 456 valence electrons. The average molecular weight is 1130 g/mol. The first-order valence-electron chi connectivity index (χ1n) is 28.7. The van der Waals surface area contributed by atoms with E-state index in [0.717, 1.165) is 77.0 Å². The molecule has 2 saturated heterocycles. The van der Waals surface area contributed by atoms with Crippen molar-refractivity contribution in [3.05, 3.63) is 12.2 Å². The Labute approximate surface area is 465 Å². The number of nitrogens with zero attached hydrogens (tertiary/aromatic N) is 1. The van der Waals surface area contributed by atoms with Crippen molar-refractivity contribution in [1.82, 2.24) is 31.5 Å². The van der Waals surface area contributed by atoms with Crippen molar-refractivity contribution in [1.29, 1.82) is 0 Å². The monoisotopic (exact) mass is 1130 g/mol. The fourth-order valence-electron chi connectivity index (χ4n) is 8.46. The normalized spacial score (nSPS) is 22.2. The first-order chi connectivity index (χ1) is 38.2. The van der Waals surface area contributed by atoms with E-state index in [4.69, 9.17) is 33.5 Å². The molecule has 0 saturated carbocycles. The van der Waals surface area contributed by atoms with Crippen molar-refractivity contribution in [3.63, 3.8) is 0 Å². The van der Waals surface area contributed by atoms with Crippen LogP contribution in [0.3, 0.4) is 0 Å². The quantitative estimate of drug-likeness (QED) is 0.0218. The van der Waals surface area contributed by atoms with Crippen LogP contribution in [0.2, 0.25) is 0 Å². The van der Waals surface area contributed by atoms with Gasteiger partial charge in [0.2, 0.25) is 30.0 Å². The van der Waals surface area contributed by atoms with Crippen molar-refractivity contribution < 1.29 is 92.6 Å². The second-order valence-electron chi connectivity index (χ2n) is 19.9. The highest BCUT2D eigenvalue weighted by Crippen LogP contribution is 2.23. The number of imide groups is 1. The summed E-state index contributed by atoms with van der Waals surface area (Å²) in [6.07, 6.45) is 11.6. The number of aliphatic hydroxyl groups is 6. The van der Waals surface area contributed by atoms with E-state index in [-0.39, 0.29) is 94.2 Å². The van der Waals surface area contributed by atoms with E-state index in [0.29, 0.717) is 90.9 Å². The Kier molecular flexibility index (Phi) is 40.7. The van der Waals surface area contributed by atoms with E-state index in [1.54, 1.807) is 0 Å². The second-order valence-corrected chi connectivity index (χ2v) is 19.9. The molecule has 0 bridgehead atoms. The zero-order valence-corrected chi connectivity index (χ0v) is 46.6. The lowest BCUT2D eigenvalue weighted by molar-refractivity contribution is -0.257. The lowest BCUT2D eigenvalue weighted by Crippen LogP contribution is -2.50. The highest BCUT2D eigenvalue weighted by atomic mass is 16.7. The average Bonchev–Trinajstić information content (AvgIpc) is 3.75. The largest absolute Gasteiger partial charge is 0.394 e. The van der Waals surface area contributed by atoms with Crippen LogP contribution in [0.15, 0.2) is 12.2 Å². The third-order valence-corrected chi connectivity index (χ3v) is 13.1. The molecule has 0 aromatic heterocycles. The van der Waals surface area contributed by atoms with Crippen LogP contribution in [-0.2, 0) is 62.0 Å². The number of rotatable bonds is 45. The topological polar surface area (TPSA) is 360 Å². The molecule has 9 atom stereocenters. The van der Waals surface area contributed by atoms with Gasteiger partial charge in [-0.1, -0.05) is 64.7 Å². The van der Waals surface area contributed by atoms with E-state index in [1.165, 1.54) is 17.1 Å². The number of carbonyl (C=O) groups excluding carboxylic acids is 7. The highest BCUT2D eigenvalue weighted by molar-refractivity contribution is 6.12. The van der Waals surface area contributed by atoms with Gasteiger partial charge in [-0.15, -0.1) is 0 Å². The molecule has 0 aliphatic carbocycles. The summed E-state index contributed by atoms with van der Waals surface area (Å²) in [5.74, 6) is -1.14. The van der Waals surface area contributed by atoms with Gasteiger partial charge in [-0.3, -0.25) is 38.5 Å². The van der Waals surface area contributed by atoms with Crippen molar-refractivity contribution in [2.75, 3.05) is 85.6 Å². The van der Waals surface area contributed by atoms with Gasteiger partial charge in [-0.25, -0.2) is 0 Å². The molecule has 25 heteroatoms. The van der Waals surface area contributed by atoms with E-state index in [1.807, 2.05) is 0 Å². The Bertz CT molecular complexity index is 1700. The number of hydrogen-bond acceptors (Lipinski definition) is 19. The summed E-state index contributed by atoms with van der Waals surface area (Å²) in [5.41, 5.74) is 0. The van der Waals surface area contributed by atoms with Crippen LogP contribution in [0, 0.1) is 0 Å². The SMILES string of the molecule is CCCCCOC1CC(O)C(O)C(CO)O1.O=CNCCCNC(=O)CCOCC(COCCC(=O)NCCCNC(=O)CCCCOC1CC(O)C(O)C(CO)O1)NC(=O)CCCCCCCCCCCN1C(=O)C=CC1=O. The molecule has 9 unspecified atom stereocenters. The third-order valence-electron chi connectivity index (χ3n) is 13.1. The first-order valence-corrected chi connectivity index (χ1v) is 28.7. The predicted octanol–water partition coefficient (Wildman–Crippen LogP) is 0.0237.